The number of ether oxygens (including phenoxy) is 2. The first kappa shape index (κ1) is 15.8. The van der Waals surface area contributed by atoms with Gasteiger partial charge in [0.15, 0.2) is 11.5 Å². The van der Waals surface area contributed by atoms with Crippen molar-refractivity contribution in [2.45, 2.75) is 12.8 Å². The smallest absolute Gasteiger partial charge is 0.221 e. The molecule has 1 aromatic rings. The Kier molecular flexibility index (Phi) is 6.90. The van der Waals surface area contributed by atoms with E-state index in [1.54, 1.807) is 18.2 Å². The lowest BCUT2D eigenvalue weighted by Crippen LogP contribution is -2.23. The van der Waals surface area contributed by atoms with Crippen LogP contribution < -0.4 is 14.8 Å². The molecule has 1 aromatic carbocycles. The van der Waals surface area contributed by atoms with E-state index in [9.17, 15) is 9.18 Å². The second-order valence-corrected chi connectivity index (χ2v) is 3.96. The molecule has 6 heteroatoms. The predicted molar refractivity (Wildman–Crippen MR) is 71.4 cm³/mol. The number of carbonyl (C=O) groups excluding carboxylic acids is 1. The summed E-state index contributed by atoms with van der Waals surface area (Å²) >= 11 is 0. The van der Waals surface area contributed by atoms with Gasteiger partial charge in [-0.25, -0.2) is 4.39 Å². The predicted octanol–water partition coefficient (Wildman–Crippen LogP) is 1.62. The highest BCUT2D eigenvalue weighted by Gasteiger charge is 2.07. The maximum Gasteiger partial charge on any atom is 0.221 e. The van der Waals surface area contributed by atoms with E-state index in [1.165, 1.54) is 7.11 Å². The van der Waals surface area contributed by atoms with Crippen molar-refractivity contribution in [1.82, 2.24) is 5.32 Å². The number of methoxy groups -OCH3 is 1. The maximum atomic E-state index is 12.1. The molecular formula is C14H17FN2O3. The number of halogens is 1. The summed E-state index contributed by atoms with van der Waals surface area (Å²) in [6.45, 7) is -0.575. The molecule has 0 unspecified atom stereocenters. The first-order valence-electron chi connectivity index (χ1n) is 6.20. The summed E-state index contributed by atoms with van der Waals surface area (Å²) in [4.78, 5) is 11.4. The van der Waals surface area contributed by atoms with Gasteiger partial charge in [0.25, 0.3) is 0 Å². The van der Waals surface area contributed by atoms with Gasteiger partial charge in [-0.3, -0.25) is 4.79 Å². The molecule has 0 aliphatic carbocycles. The van der Waals surface area contributed by atoms with Crippen molar-refractivity contribution < 1.29 is 18.7 Å². The Morgan fingerprint density at radius 1 is 1.45 bits per heavy atom. The zero-order valence-corrected chi connectivity index (χ0v) is 11.3. The fraction of sp³-hybridized carbons (Fsp3) is 0.429. The zero-order valence-electron chi connectivity index (χ0n) is 11.3. The molecule has 0 saturated carbocycles. The molecule has 0 bridgehead atoms. The fourth-order valence-electron chi connectivity index (χ4n) is 1.62. The highest BCUT2D eigenvalue weighted by molar-refractivity contribution is 5.76. The number of hydrogen-bond donors (Lipinski definition) is 1. The molecule has 1 N–H and O–H groups in total. The minimum absolute atomic E-state index is 0.0121. The number of alkyl halides is 1. The summed E-state index contributed by atoms with van der Waals surface area (Å²) < 4.78 is 22.4. The van der Waals surface area contributed by atoms with Crippen molar-refractivity contribution in [1.29, 1.82) is 5.26 Å². The quantitative estimate of drug-likeness (QED) is 0.734. The third-order valence-corrected chi connectivity index (χ3v) is 2.57. The molecule has 0 fully saturated rings. The SMILES string of the molecule is COc1cc(CCC(=O)NCC#N)ccc1OCCF. The minimum Gasteiger partial charge on any atom is -0.493 e. The molecule has 0 aliphatic heterocycles. The van der Waals surface area contributed by atoms with Gasteiger partial charge in [-0.15, -0.1) is 0 Å². The third-order valence-electron chi connectivity index (χ3n) is 2.57. The summed E-state index contributed by atoms with van der Waals surface area (Å²) in [6, 6.07) is 7.09. The second kappa shape index (κ2) is 8.75. The lowest BCUT2D eigenvalue weighted by molar-refractivity contribution is -0.120. The number of rotatable bonds is 8. The van der Waals surface area contributed by atoms with Crippen LogP contribution in [0.3, 0.4) is 0 Å². The molecule has 0 saturated heterocycles. The summed E-state index contributed by atoms with van der Waals surface area (Å²) in [7, 11) is 1.50. The standard InChI is InChI=1S/C14H17FN2O3/c1-19-13-10-11(2-4-12(13)20-9-6-15)3-5-14(18)17-8-7-16/h2,4,10H,3,5-6,8-9H2,1H3,(H,17,18). The number of nitrogens with one attached hydrogen (secondary N) is 1. The van der Waals surface area contributed by atoms with Gasteiger partial charge in [-0.1, -0.05) is 6.07 Å². The number of benzene rings is 1. The molecule has 0 atom stereocenters. The van der Waals surface area contributed by atoms with Crippen LogP contribution in [0.15, 0.2) is 18.2 Å². The Balaban J connectivity index is 2.59. The van der Waals surface area contributed by atoms with Gasteiger partial charge in [0.05, 0.1) is 13.2 Å². The van der Waals surface area contributed by atoms with Crippen LogP contribution in [0.25, 0.3) is 0 Å². The van der Waals surface area contributed by atoms with Gasteiger partial charge < -0.3 is 14.8 Å². The van der Waals surface area contributed by atoms with Gasteiger partial charge in [0.2, 0.25) is 5.91 Å². The summed E-state index contributed by atoms with van der Waals surface area (Å²) in [5, 5.41) is 10.8. The molecule has 0 radical (unpaired) electrons. The van der Waals surface area contributed by atoms with Gasteiger partial charge in [-0.05, 0) is 24.1 Å². The number of nitriles is 1. The fourth-order valence-corrected chi connectivity index (χ4v) is 1.62. The van der Waals surface area contributed by atoms with Gasteiger partial charge in [0.1, 0.15) is 19.8 Å². The summed E-state index contributed by atoms with van der Waals surface area (Å²) in [5.74, 6) is 0.805. The van der Waals surface area contributed by atoms with Crippen LogP contribution in [0.2, 0.25) is 0 Å². The number of nitrogens with zero attached hydrogens (tertiary/aromatic N) is 1. The van der Waals surface area contributed by atoms with Crippen LogP contribution in [-0.4, -0.2) is 32.8 Å². The summed E-state index contributed by atoms with van der Waals surface area (Å²) in [6.07, 6.45) is 0.812. The molecule has 1 rings (SSSR count). The Bertz CT molecular complexity index is 486. The molecule has 20 heavy (non-hydrogen) atoms. The first-order chi connectivity index (χ1) is 9.71. The van der Waals surface area contributed by atoms with Gasteiger partial charge >= 0.3 is 0 Å². The molecule has 5 nitrogen and oxygen atoms in total. The van der Waals surface area contributed by atoms with Crippen molar-refractivity contribution in [2.24, 2.45) is 0 Å². The van der Waals surface area contributed by atoms with Gasteiger partial charge in [0, 0.05) is 6.42 Å². The number of amides is 1. The van der Waals surface area contributed by atoms with Crippen LogP contribution in [-0.2, 0) is 11.2 Å². The van der Waals surface area contributed by atoms with Crippen LogP contribution in [0, 0.1) is 11.3 Å². The van der Waals surface area contributed by atoms with E-state index in [0.29, 0.717) is 17.9 Å². The lowest BCUT2D eigenvalue weighted by Gasteiger charge is -2.11. The Hall–Kier alpha value is -2.29. The van der Waals surface area contributed by atoms with Crippen molar-refractivity contribution in [3.63, 3.8) is 0 Å². The normalized spacial score (nSPS) is 9.65. The van der Waals surface area contributed by atoms with E-state index in [0.717, 1.165) is 5.56 Å². The van der Waals surface area contributed by atoms with E-state index in [2.05, 4.69) is 5.32 Å². The van der Waals surface area contributed by atoms with Crippen LogP contribution in [0.5, 0.6) is 11.5 Å². The third kappa shape index (κ3) is 5.14. The molecule has 0 heterocycles. The number of aryl methyl sites for hydroxylation is 1. The molecule has 0 aliphatic rings. The number of carbonyl (C=O) groups is 1. The van der Waals surface area contributed by atoms with Crippen LogP contribution in [0.1, 0.15) is 12.0 Å². The minimum atomic E-state index is -0.566. The van der Waals surface area contributed by atoms with Crippen LogP contribution in [0.4, 0.5) is 4.39 Å². The maximum absolute atomic E-state index is 12.1. The van der Waals surface area contributed by atoms with Crippen LogP contribution >= 0.6 is 0 Å². The monoisotopic (exact) mass is 280 g/mol. The second-order valence-electron chi connectivity index (χ2n) is 3.96. The van der Waals surface area contributed by atoms with Gasteiger partial charge in [-0.2, -0.15) is 5.26 Å². The number of hydrogen-bond acceptors (Lipinski definition) is 4. The van der Waals surface area contributed by atoms with Crippen molar-refractivity contribution >= 4 is 5.91 Å². The first-order valence-corrected chi connectivity index (χ1v) is 6.20. The highest BCUT2D eigenvalue weighted by Crippen LogP contribution is 2.28. The molecular weight excluding hydrogens is 263 g/mol. The van der Waals surface area contributed by atoms with E-state index in [4.69, 9.17) is 14.7 Å². The average Bonchev–Trinajstić information content (AvgIpc) is 2.49. The summed E-state index contributed by atoms with van der Waals surface area (Å²) in [5.41, 5.74) is 0.904. The lowest BCUT2D eigenvalue weighted by atomic mass is 10.1. The van der Waals surface area contributed by atoms with Crippen molar-refractivity contribution in [2.75, 3.05) is 26.9 Å². The van der Waals surface area contributed by atoms with E-state index >= 15 is 0 Å². The highest BCUT2D eigenvalue weighted by atomic mass is 19.1. The average molecular weight is 280 g/mol. The zero-order chi connectivity index (χ0) is 14.8. The Morgan fingerprint density at radius 3 is 2.90 bits per heavy atom. The van der Waals surface area contributed by atoms with E-state index < -0.39 is 6.67 Å². The van der Waals surface area contributed by atoms with Crippen molar-refractivity contribution in [3.05, 3.63) is 23.8 Å². The Labute approximate surface area is 117 Å². The van der Waals surface area contributed by atoms with Crippen molar-refractivity contribution in [3.8, 4) is 17.6 Å². The molecule has 108 valence electrons. The topological polar surface area (TPSA) is 71.3 Å². The van der Waals surface area contributed by atoms with E-state index in [-0.39, 0.29) is 25.5 Å². The molecule has 0 aromatic heterocycles. The molecule has 1 amide bonds. The largest absolute Gasteiger partial charge is 0.493 e. The molecule has 0 spiro atoms. The van der Waals surface area contributed by atoms with E-state index in [1.807, 2.05) is 6.07 Å². The Morgan fingerprint density at radius 2 is 2.25 bits per heavy atom.